The molecule has 0 aliphatic rings. The van der Waals surface area contributed by atoms with Gasteiger partial charge >= 0.3 is 0 Å². The first-order valence-electron chi connectivity index (χ1n) is 6.24. The van der Waals surface area contributed by atoms with Crippen LogP contribution in [0.25, 0.3) is 0 Å². The Morgan fingerprint density at radius 1 is 1.22 bits per heavy atom. The SMILES string of the molecule is CS(=O)(=O)c1ccccc1NC(=O)c1ccc(Br)c([N+](=O)[O-])c1. The number of carbonyl (C=O) groups is 1. The summed E-state index contributed by atoms with van der Waals surface area (Å²) in [6.07, 6.45) is 1.03. The molecule has 1 N–H and O–H groups in total. The Morgan fingerprint density at radius 2 is 1.87 bits per heavy atom. The Hall–Kier alpha value is -2.26. The molecule has 7 nitrogen and oxygen atoms in total. The van der Waals surface area contributed by atoms with Crippen LogP contribution >= 0.6 is 15.9 Å². The predicted molar refractivity (Wildman–Crippen MR) is 88.3 cm³/mol. The first-order valence-corrected chi connectivity index (χ1v) is 8.93. The summed E-state index contributed by atoms with van der Waals surface area (Å²) < 4.78 is 23.7. The fourth-order valence-corrected chi connectivity index (χ4v) is 3.12. The van der Waals surface area contributed by atoms with Crippen molar-refractivity contribution < 1.29 is 18.1 Å². The quantitative estimate of drug-likeness (QED) is 0.628. The van der Waals surface area contributed by atoms with Crippen molar-refractivity contribution in [3.8, 4) is 0 Å². The molecular formula is C14H11BrN2O5S. The van der Waals surface area contributed by atoms with Crippen LogP contribution in [0.15, 0.2) is 51.8 Å². The van der Waals surface area contributed by atoms with Gasteiger partial charge in [0.05, 0.1) is 20.0 Å². The number of amides is 1. The van der Waals surface area contributed by atoms with Crippen LogP contribution in [0.5, 0.6) is 0 Å². The Labute approximate surface area is 140 Å². The van der Waals surface area contributed by atoms with Gasteiger partial charge < -0.3 is 5.32 Å². The second-order valence-corrected chi connectivity index (χ2v) is 7.48. The topological polar surface area (TPSA) is 106 Å². The van der Waals surface area contributed by atoms with Gasteiger partial charge in [-0.1, -0.05) is 12.1 Å². The van der Waals surface area contributed by atoms with Crippen molar-refractivity contribution in [3.63, 3.8) is 0 Å². The smallest absolute Gasteiger partial charge is 0.284 e. The lowest BCUT2D eigenvalue weighted by Crippen LogP contribution is -2.14. The average Bonchev–Trinajstić information content (AvgIpc) is 2.46. The van der Waals surface area contributed by atoms with Gasteiger partial charge in [-0.2, -0.15) is 0 Å². The number of halogens is 1. The standard InChI is InChI=1S/C14H11BrN2O5S/c1-23(21,22)13-5-3-2-4-11(13)16-14(18)9-6-7-10(15)12(8-9)17(19)20/h2-8H,1H3,(H,16,18). The first-order chi connectivity index (χ1) is 10.7. The van der Waals surface area contributed by atoms with E-state index in [9.17, 15) is 23.3 Å². The minimum absolute atomic E-state index is 0.0278. The molecule has 9 heteroatoms. The number of para-hydroxylation sites is 1. The number of hydrogen-bond acceptors (Lipinski definition) is 5. The normalized spacial score (nSPS) is 11.0. The molecule has 2 aromatic rings. The van der Waals surface area contributed by atoms with Crippen LogP contribution in [0.1, 0.15) is 10.4 Å². The summed E-state index contributed by atoms with van der Waals surface area (Å²) >= 11 is 3.03. The van der Waals surface area contributed by atoms with Crippen molar-refractivity contribution in [2.45, 2.75) is 4.90 Å². The maximum atomic E-state index is 12.2. The Balaban J connectivity index is 2.38. The highest BCUT2D eigenvalue weighted by molar-refractivity contribution is 9.10. The number of rotatable bonds is 4. The molecule has 1 amide bonds. The highest BCUT2D eigenvalue weighted by Gasteiger charge is 2.18. The first kappa shape index (κ1) is 17.1. The van der Waals surface area contributed by atoms with Crippen LogP contribution in [0, 0.1) is 10.1 Å². The van der Waals surface area contributed by atoms with Gasteiger partial charge in [0.2, 0.25) is 0 Å². The fourth-order valence-electron chi connectivity index (χ4n) is 1.88. The minimum Gasteiger partial charge on any atom is -0.321 e. The van der Waals surface area contributed by atoms with Crippen molar-refractivity contribution in [1.29, 1.82) is 0 Å². The van der Waals surface area contributed by atoms with Crippen molar-refractivity contribution in [2.24, 2.45) is 0 Å². The van der Waals surface area contributed by atoms with E-state index in [0.29, 0.717) is 0 Å². The number of nitro benzene ring substituents is 1. The molecule has 0 unspecified atom stereocenters. The van der Waals surface area contributed by atoms with E-state index in [-0.39, 0.29) is 26.3 Å². The largest absolute Gasteiger partial charge is 0.321 e. The number of nitro groups is 1. The summed E-state index contributed by atoms with van der Waals surface area (Å²) in [5, 5.41) is 13.4. The van der Waals surface area contributed by atoms with Gasteiger partial charge in [0, 0.05) is 17.9 Å². The number of nitrogens with zero attached hydrogens (tertiary/aromatic N) is 1. The molecule has 120 valence electrons. The number of anilines is 1. The molecule has 0 aliphatic heterocycles. The highest BCUT2D eigenvalue weighted by Crippen LogP contribution is 2.27. The summed E-state index contributed by atoms with van der Waals surface area (Å²) in [5.74, 6) is -0.642. The van der Waals surface area contributed by atoms with Crippen LogP contribution in [-0.4, -0.2) is 25.5 Å². The van der Waals surface area contributed by atoms with Gasteiger partial charge in [0.25, 0.3) is 11.6 Å². The minimum atomic E-state index is -3.52. The third-order valence-corrected chi connectivity index (χ3v) is 4.77. The Kier molecular flexibility index (Phi) is 4.81. The van der Waals surface area contributed by atoms with Crippen molar-refractivity contribution in [2.75, 3.05) is 11.6 Å². The molecular weight excluding hydrogens is 388 g/mol. The molecule has 2 rings (SSSR count). The molecule has 0 atom stereocenters. The van der Waals surface area contributed by atoms with Crippen LogP contribution in [0.2, 0.25) is 0 Å². The van der Waals surface area contributed by atoms with Gasteiger partial charge in [0.1, 0.15) is 0 Å². The lowest BCUT2D eigenvalue weighted by atomic mass is 10.2. The maximum Gasteiger partial charge on any atom is 0.284 e. The Bertz CT molecular complexity index is 896. The van der Waals surface area contributed by atoms with Crippen molar-refractivity contribution in [3.05, 3.63) is 62.6 Å². The lowest BCUT2D eigenvalue weighted by Gasteiger charge is -2.09. The lowest BCUT2D eigenvalue weighted by molar-refractivity contribution is -0.385. The second-order valence-electron chi connectivity index (χ2n) is 4.65. The van der Waals surface area contributed by atoms with E-state index >= 15 is 0 Å². The monoisotopic (exact) mass is 398 g/mol. The molecule has 2 aromatic carbocycles. The molecule has 23 heavy (non-hydrogen) atoms. The second kappa shape index (κ2) is 6.47. The summed E-state index contributed by atoms with van der Waals surface area (Å²) in [5.41, 5.74) is -0.0946. The van der Waals surface area contributed by atoms with Crippen molar-refractivity contribution >= 4 is 43.0 Å². The van der Waals surface area contributed by atoms with E-state index in [2.05, 4.69) is 21.2 Å². The summed E-state index contributed by atoms with van der Waals surface area (Å²) in [7, 11) is -3.52. The third kappa shape index (κ3) is 3.93. The highest BCUT2D eigenvalue weighted by atomic mass is 79.9. The van der Waals surface area contributed by atoms with E-state index in [1.165, 1.54) is 30.3 Å². The van der Waals surface area contributed by atoms with Gasteiger partial charge in [-0.15, -0.1) is 0 Å². The zero-order valence-electron chi connectivity index (χ0n) is 11.8. The molecule has 0 saturated heterocycles. The zero-order valence-corrected chi connectivity index (χ0v) is 14.2. The summed E-state index contributed by atoms with van der Waals surface area (Å²) in [6, 6.07) is 9.83. The summed E-state index contributed by atoms with van der Waals surface area (Å²) in [6.45, 7) is 0. The average molecular weight is 399 g/mol. The molecule has 0 aromatic heterocycles. The van der Waals surface area contributed by atoms with Crippen LogP contribution in [0.3, 0.4) is 0 Å². The number of hydrogen-bond donors (Lipinski definition) is 1. The Morgan fingerprint density at radius 3 is 2.48 bits per heavy atom. The third-order valence-electron chi connectivity index (χ3n) is 2.94. The predicted octanol–water partition coefficient (Wildman–Crippen LogP) is 3.01. The number of carbonyl (C=O) groups excluding carboxylic acids is 1. The number of nitrogens with one attached hydrogen (secondary N) is 1. The molecule has 0 fully saturated rings. The molecule has 0 radical (unpaired) electrons. The zero-order chi connectivity index (χ0) is 17.2. The molecule has 0 bridgehead atoms. The van der Waals surface area contributed by atoms with Gasteiger partial charge in [0.15, 0.2) is 9.84 Å². The number of benzene rings is 2. The molecule has 0 saturated carbocycles. The molecule has 0 aliphatic carbocycles. The van der Waals surface area contributed by atoms with Crippen LogP contribution in [0.4, 0.5) is 11.4 Å². The molecule has 0 heterocycles. The summed E-state index contributed by atoms with van der Waals surface area (Å²) in [4.78, 5) is 22.5. The van der Waals surface area contributed by atoms with E-state index in [1.807, 2.05) is 0 Å². The van der Waals surface area contributed by atoms with E-state index < -0.39 is 20.7 Å². The van der Waals surface area contributed by atoms with Gasteiger partial charge in [-0.05, 0) is 40.2 Å². The van der Waals surface area contributed by atoms with E-state index in [1.54, 1.807) is 6.07 Å². The number of sulfone groups is 1. The fraction of sp³-hybridized carbons (Fsp3) is 0.0714. The van der Waals surface area contributed by atoms with E-state index in [4.69, 9.17) is 0 Å². The maximum absolute atomic E-state index is 12.2. The van der Waals surface area contributed by atoms with Gasteiger partial charge in [-0.3, -0.25) is 14.9 Å². The van der Waals surface area contributed by atoms with Crippen molar-refractivity contribution in [1.82, 2.24) is 0 Å². The van der Waals surface area contributed by atoms with Crippen LogP contribution < -0.4 is 5.32 Å². The van der Waals surface area contributed by atoms with E-state index in [0.717, 1.165) is 12.3 Å². The van der Waals surface area contributed by atoms with Gasteiger partial charge in [-0.25, -0.2) is 8.42 Å². The molecule has 0 spiro atoms. The van der Waals surface area contributed by atoms with Crippen LogP contribution in [-0.2, 0) is 9.84 Å².